The molecule has 3 aromatic rings. The molecule has 2 unspecified atom stereocenters. The summed E-state index contributed by atoms with van der Waals surface area (Å²) in [7, 11) is 0. The van der Waals surface area contributed by atoms with E-state index in [1.807, 2.05) is 16.2 Å². The van der Waals surface area contributed by atoms with Crippen LogP contribution in [0.5, 0.6) is 0 Å². The van der Waals surface area contributed by atoms with Crippen molar-refractivity contribution >= 4 is 34.4 Å². The Kier molecular flexibility index (Phi) is 10.1. The molecule has 42 heavy (non-hydrogen) atoms. The molecule has 2 aromatic carbocycles. The molecule has 0 aliphatic heterocycles. The molecule has 0 radical (unpaired) electrons. The van der Waals surface area contributed by atoms with Crippen molar-refractivity contribution in [3.05, 3.63) is 71.9 Å². The number of ketones is 1. The molecular weight excluding hydrogens is 573 g/mol. The number of halogens is 5. The molecule has 0 saturated heterocycles. The number of fused-ring (bicyclic) bond motifs is 1. The number of hydrogen-bond donors (Lipinski definition) is 1. The first kappa shape index (κ1) is 31.7. The third-order valence-electron chi connectivity index (χ3n) is 7.73. The molecule has 4 rings (SSSR count). The molecular formula is C31H34F5N3O2S. The van der Waals surface area contributed by atoms with Gasteiger partial charge in [0.2, 0.25) is 0 Å². The van der Waals surface area contributed by atoms with Gasteiger partial charge in [-0.2, -0.15) is 27.1 Å². The number of benzene rings is 2. The zero-order valence-electron chi connectivity index (χ0n) is 23.4. The fourth-order valence-electron chi connectivity index (χ4n) is 5.49. The van der Waals surface area contributed by atoms with E-state index in [4.69, 9.17) is 0 Å². The average Bonchev–Trinajstić information content (AvgIpc) is 3.40. The summed E-state index contributed by atoms with van der Waals surface area (Å²) in [5, 5.41) is 4.22. The van der Waals surface area contributed by atoms with Gasteiger partial charge < -0.3 is 5.32 Å². The molecule has 1 heterocycles. The monoisotopic (exact) mass is 607 g/mol. The Balaban J connectivity index is 1.36. The summed E-state index contributed by atoms with van der Waals surface area (Å²) in [5.41, 5.74) is 1.97. The summed E-state index contributed by atoms with van der Waals surface area (Å²) in [4.78, 5) is 25.9. The van der Waals surface area contributed by atoms with Crippen LogP contribution in [0.4, 0.5) is 22.0 Å². The van der Waals surface area contributed by atoms with Gasteiger partial charge in [-0.1, -0.05) is 38.0 Å². The standard InChI is InChI=1S/C31H34F5N3O2S/c1-3-31(35,36)42-24-13-11-23(12-14-24)28(40)22-9-5-4-7-21(8-6-10-22)17-39-18-26-20(2)25(15-16-27(26)38-39)29(41)37-19-30(32,33)34/h3,11-16,18,21-22H,1,4-10,17,19H2,2H3,(H,37,41). The Morgan fingerprint density at radius 2 is 1.69 bits per heavy atom. The maximum absolute atomic E-state index is 13.6. The van der Waals surface area contributed by atoms with Gasteiger partial charge in [-0.15, -0.1) is 0 Å². The lowest BCUT2D eigenvalue weighted by Crippen LogP contribution is -2.34. The lowest BCUT2D eigenvalue weighted by molar-refractivity contribution is -0.123. The van der Waals surface area contributed by atoms with E-state index in [0.29, 0.717) is 51.8 Å². The Morgan fingerprint density at radius 1 is 1.02 bits per heavy atom. The Bertz CT molecular complexity index is 1420. The van der Waals surface area contributed by atoms with Gasteiger partial charge in [0.1, 0.15) is 6.54 Å². The zero-order chi connectivity index (χ0) is 30.5. The Morgan fingerprint density at radius 3 is 2.38 bits per heavy atom. The lowest BCUT2D eigenvalue weighted by Gasteiger charge is -2.16. The molecule has 5 nitrogen and oxygen atoms in total. The number of alkyl halides is 5. The number of nitrogens with one attached hydrogen (secondary N) is 1. The summed E-state index contributed by atoms with van der Waals surface area (Å²) in [6.07, 6.45) is 4.10. The van der Waals surface area contributed by atoms with Crippen LogP contribution in [0.1, 0.15) is 71.2 Å². The molecule has 1 amide bonds. The second kappa shape index (κ2) is 13.4. The van der Waals surface area contributed by atoms with Gasteiger partial charge in [0.15, 0.2) is 5.78 Å². The summed E-state index contributed by atoms with van der Waals surface area (Å²) >= 11 is 0.393. The van der Waals surface area contributed by atoms with E-state index in [-0.39, 0.29) is 17.3 Å². The smallest absolute Gasteiger partial charge is 0.343 e. The summed E-state index contributed by atoms with van der Waals surface area (Å²) in [5.74, 6) is -0.507. The van der Waals surface area contributed by atoms with Crippen molar-refractivity contribution in [3.8, 4) is 0 Å². The van der Waals surface area contributed by atoms with Crippen molar-refractivity contribution in [2.75, 3.05) is 6.54 Å². The minimum Gasteiger partial charge on any atom is -0.343 e. The van der Waals surface area contributed by atoms with Crippen molar-refractivity contribution in [2.24, 2.45) is 11.8 Å². The normalized spacial score (nSPS) is 18.6. The number of Topliss-reactive ketones (excluding diaryl/α,β-unsaturated/α-hetero) is 1. The van der Waals surface area contributed by atoms with Gasteiger partial charge in [-0.05, 0) is 86.2 Å². The minimum atomic E-state index is -4.48. The van der Waals surface area contributed by atoms with Gasteiger partial charge in [0.25, 0.3) is 5.91 Å². The van der Waals surface area contributed by atoms with Crippen LogP contribution in [0.3, 0.4) is 0 Å². The molecule has 0 spiro atoms. The number of carbonyl (C=O) groups is 2. The van der Waals surface area contributed by atoms with E-state index in [9.17, 15) is 31.5 Å². The van der Waals surface area contributed by atoms with E-state index < -0.39 is 23.9 Å². The fourth-order valence-corrected chi connectivity index (χ4v) is 6.16. The van der Waals surface area contributed by atoms with E-state index in [1.165, 1.54) is 6.07 Å². The van der Waals surface area contributed by atoms with Crippen molar-refractivity contribution in [3.63, 3.8) is 0 Å². The quantitative estimate of drug-likeness (QED) is 0.115. The van der Waals surface area contributed by atoms with Gasteiger partial charge >= 0.3 is 11.4 Å². The number of aromatic nitrogens is 2. The van der Waals surface area contributed by atoms with Crippen molar-refractivity contribution in [1.29, 1.82) is 0 Å². The lowest BCUT2D eigenvalue weighted by atomic mass is 9.89. The van der Waals surface area contributed by atoms with E-state index >= 15 is 0 Å². The van der Waals surface area contributed by atoms with Gasteiger partial charge in [-0.3, -0.25) is 14.3 Å². The molecule has 0 bridgehead atoms. The predicted molar refractivity (Wildman–Crippen MR) is 154 cm³/mol. The van der Waals surface area contributed by atoms with Crippen LogP contribution in [0.25, 0.3) is 10.9 Å². The SMILES string of the molecule is C=CC(F)(F)Sc1ccc(C(=O)C2CCCCC(Cn3cc4c(C)c(C(=O)NCC(F)(F)F)ccc4n3)CCC2)cc1. The molecule has 1 aliphatic carbocycles. The number of amides is 1. The highest BCUT2D eigenvalue weighted by Crippen LogP contribution is 2.37. The fraction of sp³-hybridized carbons (Fsp3) is 0.452. The summed E-state index contributed by atoms with van der Waals surface area (Å²) in [6.45, 7) is 4.13. The van der Waals surface area contributed by atoms with Crippen LogP contribution < -0.4 is 5.32 Å². The summed E-state index contributed by atoms with van der Waals surface area (Å²) < 4.78 is 66.6. The van der Waals surface area contributed by atoms with Crippen LogP contribution in [0.2, 0.25) is 0 Å². The molecule has 1 aromatic heterocycles. The number of nitrogens with zero attached hydrogens (tertiary/aromatic N) is 2. The third-order valence-corrected chi connectivity index (χ3v) is 8.67. The molecule has 1 fully saturated rings. The van der Waals surface area contributed by atoms with Crippen LogP contribution in [0, 0.1) is 18.8 Å². The zero-order valence-corrected chi connectivity index (χ0v) is 24.2. The minimum absolute atomic E-state index is 0.0457. The van der Waals surface area contributed by atoms with Crippen molar-refractivity contribution in [2.45, 2.75) is 74.7 Å². The van der Waals surface area contributed by atoms with E-state index in [1.54, 1.807) is 37.3 Å². The van der Waals surface area contributed by atoms with E-state index in [0.717, 1.165) is 50.3 Å². The van der Waals surface area contributed by atoms with E-state index in [2.05, 4.69) is 11.7 Å². The summed E-state index contributed by atoms with van der Waals surface area (Å²) in [6, 6.07) is 9.49. The first-order valence-electron chi connectivity index (χ1n) is 14.0. The second-order valence-corrected chi connectivity index (χ2v) is 12.1. The highest BCUT2D eigenvalue weighted by molar-refractivity contribution is 8.00. The number of hydrogen-bond acceptors (Lipinski definition) is 4. The predicted octanol–water partition coefficient (Wildman–Crippen LogP) is 8.37. The van der Waals surface area contributed by atoms with Crippen LogP contribution in [-0.4, -0.2) is 39.4 Å². The Hall–Kier alpha value is -3.21. The van der Waals surface area contributed by atoms with Crippen molar-refractivity contribution < 1.29 is 31.5 Å². The number of thioether (sulfide) groups is 1. The maximum Gasteiger partial charge on any atom is 0.405 e. The highest BCUT2D eigenvalue weighted by atomic mass is 32.2. The number of carbonyl (C=O) groups excluding carboxylic acids is 2. The molecule has 1 aliphatic rings. The maximum atomic E-state index is 13.6. The van der Waals surface area contributed by atoms with Crippen molar-refractivity contribution in [1.82, 2.24) is 15.1 Å². The number of rotatable bonds is 9. The first-order valence-corrected chi connectivity index (χ1v) is 14.8. The third kappa shape index (κ3) is 8.42. The molecule has 11 heteroatoms. The molecule has 2 atom stereocenters. The largest absolute Gasteiger partial charge is 0.405 e. The van der Waals surface area contributed by atoms with Crippen LogP contribution >= 0.6 is 11.8 Å². The van der Waals surface area contributed by atoms with Gasteiger partial charge in [-0.25, -0.2) is 0 Å². The van der Waals surface area contributed by atoms with Crippen LogP contribution in [0.15, 0.2) is 60.1 Å². The van der Waals surface area contributed by atoms with Gasteiger partial charge in [0, 0.05) is 40.1 Å². The second-order valence-electron chi connectivity index (χ2n) is 10.9. The topological polar surface area (TPSA) is 64.0 Å². The number of aryl methyl sites for hydroxylation is 1. The Labute approximate surface area is 245 Å². The van der Waals surface area contributed by atoms with Gasteiger partial charge in [0.05, 0.1) is 5.52 Å². The first-order chi connectivity index (χ1) is 19.8. The molecule has 1 saturated carbocycles. The average molecular weight is 608 g/mol. The molecule has 226 valence electrons. The van der Waals surface area contributed by atoms with Crippen LogP contribution in [-0.2, 0) is 6.54 Å². The highest BCUT2D eigenvalue weighted by Gasteiger charge is 2.29. The molecule has 1 N–H and O–H groups in total.